The standard InChI is InChI=1S/C10H19NO4/c1-8(10(13)14)3-5-11-9(4-6-12)7-15-2/h3,9,11-12H,4-7H2,1-2H3,(H,13,14)/b8-3-. The molecule has 88 valence electrons. The van der Waals surface area contributed by atoms with Gasteiger partial charge in [-0.05, 0) is 13.3 Å². The molecule has 1 unspecified atom stereocenters. The van der Waals surface area contributed by atoms with Crippen molar-refractivity contribution in [1.82, 2.24) is 5.32 Å². The molecule has 15 heavy (non-hydrogen) atoms. The van der Waals surface area contributed by atoms with Crippen molar-refractivity contribution in [1.29, 1.82) is 0 Å². The first kappa shape index (κ1) is 14.1. The third kappa shape index (κ3) is 7.07. The molecule has 0 fully saturated rings. The van der Waals surface area contributed by atoms with Gasteiger partial charge in [0.05, 0.1) is 6.61 Å². The van der Waals surface area contributed by atoms with Gasteiger partial charge in [-0.15, -0.1) is 0 Å². The molecule has 0 bridgehead atoms. The van der Waals surface area contributed by atoms with E-state index < -0.39 is 5.97 Å². The minimum Gasteiger partial charge on any atom is -0.478 e. The van der Waals surface area contributed by atoms with Crippen LogP contribution in [0.4, 0.5) is 0 Å². The van der Waals surface area contributed by atoms with Crippen LogP contribution in [0.5, 0.6) is 0 Å². The van der Waals surface area contributed by atoms with E-state index in [1.54, 1.807) is 20.1 Å². The molecular formula is C10H19NO4. The molecule has 0 aliphatic carbocycles. The third-order valence-corrected chi connectivity index (χ3v) is 2.00. The number of hydrogen-bond donors (Lipinski definition) is 3. The number of hydrogen-bond acceptors (Lipinski definition) is 4. The van der Waals surface area contributed by atoms with Crippen LogP contribution in [-0.4, -0.2) is 49.1 Å². The largest absolute Gasteiger partial charge is 0.478 e. The third-order valence-electron chi connectivity index (χ3n) is 2.00. The van der Waals surface area contributed by atoms with Crippen LogP contribution in [0.2, 0.25) is 0 Å². The summed E-state index contributed by atoms with van der Waals surface area (Å²) >= 11 is 0. The van der Waals surface area contributed by atoms with Crippen LogP contribution in [0, 0.1) is 0 Å². The molecule has 3 N–H and O–H groups in total. The number of aliphatic hydroxyl groups is 1. The van der Waals surface area contributed by atoms with Crippen molar-refractivity contribution in [2.45, 2.75) is 19.4 Å². The number of methoxy groups -OCH3 is 1. The van der Waals surface area contributed by atoms with Gasteiger partial charge in [-0.2, -0.15) is 0 Å². The van der Waals surface area contributed by atoms with Crippen LogP contribution in [0.25, 0.3) is 0 Å². The minimum atomic E-state index is -0.915. The Kier molecular flexibility index (Phi) is 7.89. The highest BCUT2D eigenvalue weighted by molar-refractivity contribution is 5.85. The van der Waals surface area contributed by atoms with E-state index in [1.807, 2.05) is 0 Å². The molecular weight excluding hydrogens is 198 g/mol. The van der Waals surface area contributed by atoms with Crippen LogP contribution >= 0.6 is 0 Å². The smallest absolute Gasteiger partial charge is 0.330 e. The average molecular weight is 217 g/mol. The van der Waals surface area contributed by atoms with Crippen LogP contribution in [0.15, 0.2) is 11.6 Å². The maximum atomic E-state index is 10.5. The molecule has 0 aromatic heterocycles. The van der Waals surface area contributed by atoms with E-state index in [-0.39, 0.29) is 12.6 Å². The number of aliphatic carboxylic acids is 1. The number of rotatable bonds is 8. The van der Waals surface area contributed by atoms with Gasteiger partial charge in [0.15, 0.2) is 0 Å². The van der Waals surface area contributed by atoms with Gasteiger partial charge in [0.25, 0.3) is 0 Å². The highest BCUT2D eigenvalue weighted by Gasteiger charge is 2.06. The minimum absolute atomic E-state index is 0.0536. The Labute approximate surface area is 89.7 Å². The topological polar surface area (TPSA) is 78.8 Å². The molecule has 0 aromatic carbocycles. The molecule has 0 aliphatic rings. The lowest BCUT2D eigenvalue weighted by Gasteiger charge is -2.15. The Morgan fingerprint density at radius 3 is 2.73 bits per heavy atom. The normalized spacial score (nSPS) is 13.9. The summed E-state index contributed by atoms with van der Waals surface area (Å²) in [5.74, 6) is -0.915. The predicted molar refractivity (Wildman–Crippen MR) is 56.8 cm³/mol. The second-order valence-corrected chi connectivity index (χ2v) is 3.27. The van der Waals surface area contributed by atoms with Crippen LogP contribution in [-0.2, 0) is 9.53 Å². The molecule has 0 saturated carbocycles. The Morgan fingerprint density at radius 2 is 2.27 bits per heavy atom. The van der Waals surface area contributed by atoms with Gasteiger partial charge in [-0.1, -0.05) is 6.08 Å². The summed E-state index contributed by atoms with van der Waals surface area (Å²) in [4.78, 5) is 10.5. The number of carboxylic acids is 1. The van der Waals surface area contributed by atoms with Gasteiger partial charge in [0.2, 0.25) is 0 Å². The molecule has 0 heterocycles. The van der Waals surface area contributed by atoms with E-state index in [0.29, 0.717) is 25.1 Å². The zero-order valence-electron chi connectivity index (χ0n) is 9.19. The van der Waals surface area contributed by atoms with Crippen molar-refractivity contribution in [3.8, 4) is 0 Å². The molecule has 0 radical (unpaired) electrons. The van der Waals surface area contributed by atoms with E-state index in [0.717, 1.165) is 0 Å². The number of aliphatic hydroxyl groups excluding tert-OH is 1. The first-order valence-electron chi connectivity index (χ1n) is 4.85. The van der Waals surface area contributed by atoms with E-state index in [9.17, 15) is 4.79 Å². The molecule has 0 aromatic rings. The van der Waals surface area contributed by atoms with Crippen LogP contribution in [0.1, 0.15) is 13.3 Å². The lowest BCUT2D eigenvalue weighted by molar-refractivity contribution is -0.132. The summed E-state index contributed by atoms with van der Waals surface area (Å²) in [6.45, 7) is 2.59. The quantitative estimate of drug-likeness (QED) is 0.499. The number of nitrogens with one attached hydrogen (secondary N) is 1. The Hall–Kier alpha value is -0.910. The lowest BCUT2D eigenvalue weighted by atomic mass is 10.2. The van der Waals surface area contributed by atoms with Gasteiger partial charge < -0.3 is 20.3 Å². The van der Waals surface area contributed by atoms with E-state index >= 15 is 0 Å². The Bertz CT molecular complexity index is 209. The first-order chi connectivity index (χ1) is 7.11. The SMILES string of the molecule is COCC(CCO)NC/C=C(/C)C(=O)O. The first-order valence-corrected chi connectivity index (χ1v) is 4.85. The maximum absolute atomic E-state index is 10.5. The van der Waals surface area contributed by atoms with E-state index in [1.165, 1.54) is 0 Å². The molecule has 5 heteroatoms. The zero-order valence-corrected chi connectivity index (χ0v) is 9.19. The zero-order chi connectivity index (χ0) is 11.7. The van der Waals surface area contributed by atoms with Crippen molar-refractivity contribution in [2.75, 3.05) is 26.9 Å². The fourth-order valence-corrected chi connectivity index (χ4v) is 1.07. The molecule has 0 aliphatic heterocycles. The van der Waals surface area contributed by atoms with Crippen LogP contribution in [0.3, 0.4) is 0 Å². The van der Waals surface area contributed by atoms with Crippen molar-refractivity contribution < 1.29 is 19.7 Å². The summed E-state index contributed by atoms with van der Waals surface area (Å²) in [6, 6.07) is 0.0536. The van der Waals surface area contributed by atoms with Gasteiger partial charge in [0, 0.05) is 31.9 Å². The monoisotopic (exact) mass is 217 g/mol. The fourth-order valence-electron chi connectivity index (χ4n) is 1.07. The molecule has 0 amide bonds. The number of carbonyl (C=O) groups is 1. The molecule has 1 atom stereocenters. The summed E-state index contributed by atoms with van der Waals surface area (Å²) in [5.41, 5.74) is 0.308. The number of carboxylic acid groups (broad SMARTS) is 1. The van der Waals surface area contributed by atoms with Gasteiger partial charge in [-0.3, -0.25) is 0 Å². The van der Waals surface area contributed by atoms with E-state index in [4.69, 9.17) is 14.9 Å². The Morgan fingerprint density at radius 1 is 1.60 bits per heavy atom. The van der Waals surface area contributed by atoms with Crippen LogP contribution < -0.4 is 5.32 Å². The van der Waals surface area contributed by atoms with Crippen molar-refractivity contribution in [3.05, 3.63) is 11.6 Å². The molecule has 0 rings (SSSR count). The summed E-state index contributed by atoms with van der Waals surface area (Å²) < 4.78 is 4.95. The van der Waals surface area contributed by atoms with E-state index in [2.05, 4.69) is 5.32 Å². The maximum Gasteiger partial charge on any atom is 0.330 e. The van der Waals surface area contributed by atoms with Crippen molar-refractivity contribution in [3.63, 3.8) is 0 Å². The van der Waals surface area contributed by atoms with Crippen molar-refractivity contribution >= 4 is 5.97 Å². The van der Waals surface area contributed by atoms with Crippen molar-refractivity contribution in [2.24, 2.45) is 0 Å². The molecule has 0 saturated heterocycles. The summed E-state index contributed by atoms with van der Waals surface area (Å²) in [6.07, 6.45) is 2.19. The Balaban J connectivity index is 3.88. The summed E-state index contributed by atoms with van der Waals surface area (Å²) in [7, 11) is 1.59. The number of ether oxygens (including phenoxy) is 1. The lowest BCUT2D eigenvalue weighted by Crippen LogP contribution is -2.34. The second kappa shape index (κ2) is 8.40. The van der Waals surface area contributed by atoms with Gasteiger partial charge >= 0.3 is 5.97 Å². The highest BCUT2D eigenvalue weighted by Crippen LogP contribution is 1.94. The molecule has 5 nitrogen and oxygen atoms in total. The highest BCUT2D eigenvalue weighted by atomic mass is 16.5. The van der Waals surface area contributed by atoms with Gasteiger partial charge in [0.1, 0.15) is 0 Å². The van der Waals surface area contributed by atoms with Gasteiger partial charge in [-0.25, -0.2) is 4.79 Å². The fraction of sp³-hybridized carbons (Fsp3) is 0.700. The predicted octanol–water partition coefficient (Wildman–Crippen LogP) is 0.00430. The summed E-state index contributed by atoms with van der Waals surface area (Å²) in [5, 5.41) is 20.4. The second-order valence-electron chi connectivity index (χ2n) is 3.27. The molecule has 0 spiro atoms. The average Bonchev–Trinajstić information content (AvgIpc) is 2.18.